The Labute approximate surface area is 102 Å². The number of aromatic nitrogens is 2. The summed E-state index contributed by atoms with van der Waals surface area (Å²) in [6.07, 6.45) is 11.3. The number of rotatable bonds is 2. The minimum atomic E-state index is 0.470. The van der Waals surface area contributed by atoms with Crippen LogP contribution in [-0.2, 0) is 0 Å². The first kappa shape index (κ1) is 11.6. The highest BCUT2D eigenvalue weighted by Gasteiger charge is 2.18. The van der Waals surface area contributed by atoms with E-state index in [1.807, 2.05) is 0 Å². The molecule has 0 radical (unpaired) electrons. The molecule has 1 heterocycles. The van der Waals surface area contributed by atoms with Crippen LogP contribution in [-0.4, -0.2) is 23.1 Å². The summed E-state index contributed by atoms with van der Waals surface area (Å²) in [6.45, 7) is 0. The third kappa shape index (κ3) is 2.85. The van der Waals surface area contributed by atoms with Gasteiger partial charge in [-0.05, 0) is 12.8 Å². The molecule has 1 aliphatic carbocycles. The summed E-state index contributed by atoms with van der Waals surface area (Å²) >= 11 is 5.86. The molecule has 0 aliphatic heterocycles. The molecule has 0 amide bonds. The molecule has 1 saturated carbocycles. The van der Waals surface area contributed by atoms with E-state index in [4.69, 9.17) is 11.6 Å². The quantitative estimate of drug-likeness (QED) is 0.742. The smallest absolute Gasteiger partial charge is 0.149 e. The van der Waals surface area contributed by atoms with Gasteiger partial charge in [-0.15, -0.1) is 0 Å². The molecule has 1 aromatic heterocycles. The molecule has 0 atom stereocenters. The van der Waals surface area contributed by atoms with Crippen molar-refractivity contribution in [1.29, 1.82) is 0 Å². The molecule has 16 heavy (non-hydrogen) atoms. The van der Waals surface area contributed by atoms with Crippen LogP contribution in [0.2, 0.25) is 5.15 Å². The van der Waals surface area contributed by atoms with Gasteiger partial charge in [0.25, 0.3) is 0 Å². The number of hydrogen-bond donors (Lipinski definition) is 0. The normalized spacial score (nSPS) is 18.1. The highest BCUT2D eigenvalue weighted by molar-refractivity contribution is 6.29. The zero-order valence-corrected chi connectivity index (χ0v) is 10.5. The fraction of sp³-hybridized carbons (Fsp3) is 0.667. The molecule has 1 aromatic rings. The Balaban J connectivity index is 2.07. The molecule has 0 spiro atoms. The van der Waals surface area contributed by atoms with Crippen LogP contribution in [0.5, 0.6) is 0 Å². The minimum Gasteiger partial charge on any atom is -0.355 e. The molecular weight excluding hydrogens is 222 g/mol. The summed E-state index contributed by atoms with van der Waals surface area (Å²) in [5, 5.41) is 0.470. The van der Waals surface area contributed by atoms with Gasteiger partial charge in [0.1, 0.15) is 11.0 Å². The van der Waals surface area contributed by atoms with Gasteiger partial charge in [0, 0.05) is 13.1 Å². The summed E-state index contributed by atoms with van der Waals surface area (Å²) in [5.41, 5.74) is 0. The van der Waals surface area contributed by atoms with E-state index in [1.54, 1.807) is 12.4 Å². The molecule has 1 aliphatic rings. The second-order valence-corrected chi connectivity index (χ2v) is 4.84. The van der Waals surface area contributed by atoms with Gasteiger partial charge in [-0.25, -0.2) is 4.98 Å². The Morgan fingerprint density at radius 2 is 1.88 bits per heavy atom. The highest BCUT2D eigenvalue weighted by atomic mass is 35.5. The number of nitrogens with zero attached hydrogens (tertiary/aromatic N) is 3. The molecule has 4 heteroatoms. The second-order valence-electron chi connectivity index (χ2n) is 4.46. The van der Waals surface area contributed by atoms with Gasteiger partial charge in [-0.1, -0.05) is 37.3 Å². The molecule has 0 bridgehead atoms. The van der Waals surface area contributed by atoms with Crippen LogP contribution >= 0.6 is 11.6 Å². The van der Waals surface area contributed by atoms with Gasteiger partial charge in [-0.3, -0.25) is 4.98 Å². The molecule has 0 unspecified atom stereocenters. The lowest BCUT2D eigenvalue weighted by Crippen LogP contribution is -2.31. The maximum Gasteiger partial charge on any atom is 0.149 e. The first-order valence-electron chi connectivity index (χ1n) is 5.98. The lowest BCUT2D eigenvalue weighted by molar-refractivity contribution is 0.548. The molecule has 0 N–H and O–H groups in total. The van der Waals surface area contributed by atoms with Crippen LogP contribution in [0.3, 0.4) is 0 Å². The summed E-state index contributed by atoms with van der Waals surface area (Å²) in [4.78, 5) is 10.6. The summed E-state index contributed by atoms with van der Waals surface area (Å²) in [5.74, 6) is 0.888. The van der Waals surface area contributed by atoms with Gasteiger partial charge in [0.2, 0.25) is 0 Å². The fourth-order valence-electron chi connectivity index (χ4n) is 2.33. The minimum absolute atomic E-state index is 0.470. The van der Waals surface area contributed by atoms with Crippen molar-refractivity contribution in [2.24, 2.45) is 0 Å². The van der Waals surface area contributed by atoms with E-state index < -0.39 is 0 Å². The number of halogens is 1. The predicted molar refractivity (Wildman–Crippen MR) is 66.9 cm³/mol. The predicted octanol–water partition coefficient (Wildman–Crippen LogP) is 3.29. The van der Waals surface area contributed by atoms with Crippen molar-refractivity contribution in [3.8, 4) is 0 Å². The molecule has 3 nitrogen and oxygen atoms in total. The van der Waals surface area contributed by atoms with E-state index in [1.165, 1.54) is 38.5 Å². The lowest BCUT2D eigenvalue weighted by Gasteiger charge is -2.27. The Hall–Kier alpha value is -0.830. The van der Waals surface area contributed by atoms with Gasteiger partial charge >= 0.3 is 0 Å². The Kier molecular flexibility index (Phi) is 3.99. The fourth-order valence-corrected chi connectivity index (χ4v) is 2.48. The molecular formula is C12H18ClN3. The van der Waals surface area contributed by atoms with Gasteiger partial charge in [-0.2, -0.15) is 0 Å². The van der Waals surface area contributed by atoms with Gasteiger partial charge in [0.15, 0.2) is 0 Å². The van der Waals surface area contributed by atoms with E-state index in [0.29, 0.717) is 11.2 Å². The molecule has 0 saturated heterocycles. The zero-order chi connectivity index (χ0) is 11.4. The van der Waals surface area contributed by atoms with Crippen molar-refractivity contribution in [2.75, 3.05) is 11.9 Å². The first-order valence-corrected chi connectivity index (χ1v) is 6.35. The maximum atomic E-state index is 5.86. The number of hydrogen-bond acceptors (Lipinski definition) is 3. The van der Waals surface area contributed by atoms with Crippen molar-refractivity contribution in [1.82, 2.24) is 9.97 Å². The molecule has 1 fully saturated rings. The van der Waals surface area contributed by atoms with Crippen molar-refractivity contribution in [3.63, 3.8) is 0 Å². The average molecular weight is 240 g/mol. The monoisotopic (exact) mass is 239 g/mol. The highest BCUT2D eigenvalue weighted by Crippen LogP contribution is 2.24. The van der Waals surface area contributed by atoms with Gasteiger partial charge < -0.3 is 4.90 Å². The van der Waals surface area contributed by atoms with Crippen molar-refractivity contribution >= 4 is 17.4 Å². The standard InChI is InChI=1S/C12H18ClN3/c1-16(10-6-4-2-3-5-7-10)12-9-14-8-11(13)15-12/h8-10H,2-7H2,1H3. The van der Waals surface area contributed by atoms with E-state index in [2.05, 4.69) is 21.9 Å². The Morgan fingerprint density at radius 1 is 1.19 bits per heavy atom. The van der Waals surface area contributed by atoms with Crippen molar-refractivity contribution < 1.29 is 0 Å². The largest absolute Gasteiger partial charge is 0.355 e. The van der Waals surface area contributed by atoms with Crippen LogP contribution in [0.1, 0.15) is 38.5 Å². The molecule has 88 valence electrons. The van der Waals surface area contributed by atoms with E-state index in [9.17, 15) is 0 Å². The second kappa shape index (κ2) is 5.48. The average Bonchev–Trinajstić information content (AvgIpc) is 2.56. The van der Waals surface area contributed by atoms with E-state index in [-0.39, 0.29) is 0 Å². The Morgan fingerprint density at radius 3 is 2.50 bits per heavy atom. The van der Waals surface area contributed by atoms with Gasteiger partial charge in [0.05, 0.1) is 12.4 Å². The van der Waals surface area contributed by atoms with Crippen LogP contribution in [0, 0.1) is 0 Å². The summed E-state index contributed by atoms with van der Waals surface area (Å²) in [7, 11) is 2.09. The Bertz CT molecular complexity index is 335. The van der Waals surface area contributed by atoms with E-state index >= 15 is 0 Å². The van der Waals surface area contributed by atoms with Crippen molar-refractivity contribution in [2.45, 2.75) is 44.6 Å². The number of anilines is 1. The first-order chi connectivity index (χ1) is 7.77. The molecule has 0 aromatic carbocycles. The summed E-state index contributed by atoms with van der Waals surface area (Å²) < 4.78 is 0. The van der Waals surface area contributed by atoms with Crippen LogP contribution in [0.4, 0.5) is 5.82 Å². The van der Waals surface area contributed by atoms with Crippen LogP contribution < -0.4 is 4.90 Å². The lowest BCUT2D eigenvalue weighted by atomic mass is 10.1. The summed E-state index contributed by atoms with van der Waals surface area (Å²) in [6, 6.07) is 0.593. The maximum absolute atomic E-state index is 5.86. The van der Waals surface area contributed by atoms with Crippen molar-refractivity contribution in [3.05, 3.63) is 17.5 Å². The van der Waals surface area contributed by atoms with Crippen LogP contribution in [0.15, 0.2) is 12.4 Å². The molecule has 2 rings (SSSR count). The van der Waals surface area contributed by atoms with E-state index in [0.717, 1.165) is 5.82 Å². The SMILES string of the molecule is CN(c1cncc(Cl)n1)C1CCCCCC1. The van der Waals surface area contributed by atoms with Crippen LogP contribution in [0.25, 0.3) is 0 Å². The topological polar surface area (TPSA) is 29.0 Å². The third-order valence-electron chi connectivity index (χ3n) is 3.33. The zero-order valence-electron chi connectivity index (χ0n) is 9.69. The third-order valence-corrected chi connectivity index (χ3v) is 3.51.